The first-order chi connectivity index (χ1) is 11.5. The zero-order chi connectivity index (χ0) is 16.8. The second-order valence-corrected chi connectivity index (χ2v) is 7.69. The quantitative estimate of drug-likeness (QED) is 0.849. The van der Waals surface area contributed by atoms with E-state index in [0.29, 0.717) is 0 Å². The molecule has 2 aromatic rings. The minimum Gasteiger partial charge on any atom is -0.365 e. The number of morpholine rings is 1. The van der Waals surface area contributed by atoms with Gasteiger partial charge in [0.05, 0.1) is 23.6 Å². The van der Waals surface area contributed by atoms with E-state index in [9.17, 15) is 0 Å². The lowest BCUT2D eigenvalue weighted by Crippen LogP contribution is -2.59. The zero-order valence-electron chi connectivity index (χ0n) is 14.7. The lowest BCUT2D eigenvalue weighted by Gasteiger charge is -2.49. The van der Waals surface area contributed by atoms with Crippen LogP contribution >= 0.6 is 0 Å². The summed E-state index contributed by atoms with van der Waals surface area (Å²) in [6.45, 7) is 8.06. The van der Waals surface area contributed by atoms with Gasteiger partial charge in [-0.05, 0) is 33.6 Å². The van der Waals surface area contributed by atoms with Crippen LogP contribution in [0.4, 0.5) is 5.82 Å². The van der Waals surface area contributed by atoms with E-state index in [1.807, 2.05) is 23.9 Å². The van der Waals surface area contributed by atoms with Crippen molar-refractivity contribution in [2.45, 2.75) is 57.7 Å². The van der Waals surface area contributed by atoms with E-state index in [0.717, 1.165) is 43.4 Å². The Bertz CT molecular complexity index is 733. The van der Waals surface area contributed by atoms with Crippen molar-refractivity contribution in [1.29, 1.82) is 0 Å². The van der Waals surface area contributed by atoms with Gasteiger partial charge in [0, 0.05) is 25.5 Å². The Morgan fingerprint density at radius 2 is 1.83 bits per heavy atom. The predicted molar refractivity (Wildman–Crippen MR) is 92.5 cm³/mol. The maximum atomic E-state index is 6.49. The molecule has 2 aromatic heterocycles. The summed E-state index contributed by atoms with van der Waals surface area (Å²) in [7, 11) is 0. The molecule has 1 aliphatic carbocycles. The van der Waals surface area contributed by atoms with Gasteiger partial charge in [0.1, 0.15) is 11.6 Å². The van der Waals surface area contributed by atoms with Crippen LogP contribution < -0.4 is 4.90 Å². The predicted octanol–water partition coefficient (Wildman–Crippen LogP) is 2.90. The summed E-state index contributed by atoms with van der Waals surface area (Å²) in [6, 6.07) is 0. The first kappa shape index (κ1) is 15.6. The minimum atomic E-state index is -0.175. The van der Waals surface area contributed by atoms with Crippen LogP contribution in [0.3, 0.4) is 0 Å². The van der Waals surface area contributed by atoms with Crippen LogP contribution in [-0.4, -0.2) is 43.8 Å². The maximum Gasteiger partial charge on any atom is 0.159 e. The topological polar surface area (TPSA) is 56.1 Å². The van der Waals surface area contributed by atoms with Crippen molar-refractivity contribution in [3.8, 4) is 5.82 Å². The Morgan fingerprint density at radius 3 is 2.54 bits per heavy atom. The fourth-order valence-corrected chi connectivity index (χ4v) is 4.19. The third kappa shape index (κ3) is 2.79. The number of aromatic nitrogens is 4. The Hall–Kier alpha value is -1.95. The molecule has 2 fully saturated rings. The fourth-order valence-electron chi connectivity index (χ4n) is 4.19. The number of nitrogens with zero attached hydrogens (tertiary/aromatic N) is 5. The Balaban J connectivity index is 1.66. The number of hydrogen-bond acceptors (Lipinski definition) is 5. The van der Waals surface area contributed by atoms with E-state index in [4.69, 9.17) is 9.72 Å². The van der Waals surface area contributed by atoms with Crippen molar-refractivity contribution < 1.29 is 4.74 Å². The van der Waals surface area contributed by atoms with Crippen LogP contribution in [0.25, 0.3) is 5.82 Å². The molecule has 0 unspecified atom stereocenters. The first-order valence-corrected chi connectivity index (χ1v) is 8.74. The lowest BCUT2D eigenvalue weighted by atomic mass is 9.94. The van der Waals surface area contributed by atoms with Crippen LogP contribution in [0.1, 0.15) is 45.4 Å². The SMILES string of the molecule is Cc1nccn1-c1cncc(N2CC(C)(C)OC3(CCCC3)C2)n1. The van der Waals surface area contributed by atoms with E-state index in [1.165, 1.54) is 12.8 Å². The molecule has 0 bridgehead atoms. The minimum absolute atomic E-state index is 0.0235. The van der Waals surface area contributed by atoms with Crippen molar-refractivity contribution in [2.75, 3.05) is 18.0 Å². The van der Waals surface area contributed by atoms with Crippen LogP contribution in [-0.2, 0) is 4.74 Å². The highest BCUT2D eigenvalue weighted by Crippen LogP contribution is 2.41. The van der Waals surface area contributed by atoms with Gasteiger partial charge in [-0.15, -0.1) is 0 Å². The fraction of sp³-hybridized carbons (Fsp3) is 0.611. The molecule has 4 rings (SSSR count). The van der Waals surface area contributed by atoms with Gasteiger partial charge in [0.25, 0.3) is 0 Å². The monoisotopic (exact) mass is 327 g/mol. The number of ether oxygens (including phenoxy) is 1. The smallest absolute Gasteiger partial charge is 0.159 e. The highest BCUT2D eigenvalue weighted by Gasteiger charge is 2.46. The molecule has 0 amide bonds. The van der Waals surface area contributed by atoms with E-state index >= 15 is 0 Å². The first-order valence-electron chi connectivity index (χ1n) is 8.74. The normalized spacial score (nSPS) is 22.2. The lowest BCUT2D eigenvalue weighted by molar-refractivity contribution is -0.148. The molecular weight excluding hydrogens is 302 g/mol. The van der Waals surface area contributed by atoms with Gasteiger partial charge in [-0.1, -0.05) is 12.8 Å². The van der Waals surface area contributed by atoms with Crippen molar-refractivity contribution in [3.05, 3.63) is 30.6 Å². The van der Waals surface area contributed by atoms with Crippen molar-refractivity contribution in [2.24, 2.45) is 0 Å². The summed E-state index contributed by atoms with van der Waals surface area (Å²) in [4.78, 5) is 15.9. The Kier molecular flexibility index (Phi) is 3.60. The standard InChI is InChI=1S/C18H25N5O/c1-14-20-8-9-23(14)16-11-19-10-15(21-16)22-12-17(2,3)24-18(13-22)6-4-5-7-18/h8-11H,4-7,12-13H2,1-3H3. The molecule has 3 heterocycles. The van der Waals surface area contributed by atoms with Gasteiger partial charge >= 0.3 is 0 Å². The molecule has 2 aliphatic rings. The third-order valence-electron chi connectivity index (χ3n) is 5.06. The summed E-state index contributed by atoms with van der Waals surface area (Å²) in [5, 5.41) is 0. The molecule has 0 atom stereocenters. The molecule has 1 saturated heterocycles. The molecular formula is C18H25N5O. The number of aryl methyl sites for hydroxylation is 1. The highest BCUT2D eigenvalue weighted by molar-refractivity contribution is 5.42. The van der Waals surface area contributed by atoms with Gasteiger partial charge in [0.2, 0.25) is 0 Å². The molecule has 0 N–H and O–H groups in total. The van der Waals surface area contributed by atoms with Gasteiger partial charge in [-0.2, -0.15) is 0 Å². The molecule has 0 aromatic carbocycles. The van der Waals surface area contributed by atoms with E-state index < -0.39 is 0 Å². The van der Waals surface area contributed by atoms with Gasteiger partial charge in [0.15, 0.2) is 5.82 Å². The molecule has 1 spiro atoms. The van der Waals surface area contributed by atoms with Crippen molar-refractivity contribution >= 4 is 5.82 Å². The van der Waals surface area contributed by atoms with E-state index in [2.05, 4.69) is 28.7 Å². The van der Waals surface area contributed by atoms with Crippen LogP contribution in [0.15, 0.2) is 24.8 Å². The number of anilines is 1. The average Bonchev–Trinajstić information content (AvgIpc) is 3.15. The van der Waals surface area contributed by atoms with Crippen LogP contribution in [0.5, 0.6) is 0 Å². The van der Waals surface area contributed by atoms with E-state index in [1.54, 1.807) is 12.4 Å². The van der Waals surface area contributed by atoms with Crippen LogP contribution in [0, 0.1) is 6.92 Å². The summed E-state index contributed by atoms with van der Waals surface area (Å²) in [5.74, 6) is 2.64. The Labute approximate surface area is 142 Å². The molecule has 1 saturated carbocycles. The number of imidazole rings is 1. The van der Waals surface area contributed by atoms with Crippen molar-refractivity contribution in [3.63, 3.8) is 0 Å². The summed E-state index contributed by atoms with van der Waals surface area (Å²) >= 11 is 0. The second-order valence-electron chi connectivity index (χ2n) is 7.69. The summed E-state index contributed by atoms with van der Waals surface area (Å²) < 4.78 is 8.46. The zero-order valence-corrected chi connectivity index (χ0v) is 14.7. The third-order valence-corrected chi connectivity index (χ3v) is 5.06. The summed E-state index contributed by atoms with van der Waals surface area (Å²) in [6.07, 6.45) is 12.1. The van der Waals surface area contributed by atoms with Crippen molar-refractivity contribution in [1.82, 2.24) is 19.5 Å². The van der Waals surface area contributed by atoms with Gasteiger partial charge in [-0.25, -0.2) is 9.97 Å². The molecule has 6 heteroatoms. The molecule has 24 heavy (non-hydrogen) atoms. The van der Waals surface area contributed by atoms with E-state index in [-0.39, 0.29) is 11.2 Å². The van der Waals surface area contributed by atoms with Gasteiger partial charge in [-0.3, -0.25) is 9.55 Å². The van der Waals surface area contributed by atoms with Gasteiger partial charge < -0.3 is 9.64 Å². The Morgan fingerprint density at radius 1 is 1.08 bits per heavy atom. The maximum absolute atomic E-state index is 6.49. The molecule has 0 radical (unpaired) electrons. The summed E-state index contributed by atoms with van der Waals surface area (Å²) in [5.41, 5.74) is -0.199. The average molecular weight is 327 g/mol. The molecule has 128 valence electrons. The number of rotatable bonds is 2. The molecule has 6 nitrogen and oxygen atoms in total. The molecule has 1 aliphatic heterocycles. The second kappa shape index (κ2) is 5.55. The number of hydrogen-bond donors (Lipinski definition) is 0. The largest absolute Gasteiger partial charge is 0.365 e. The van der Waals surface area contributed by atoms with Crippen LogP contribution in [0.2, 0.25) is 0 Å². The highest BCUT2D eigenvalue weighted by atomic mass is 16.5.